The minimum Gasteiger partial charge on any atom is -0.465 e. The van der Waals surface area contributed by atoms with Crippen molar-refractivity contribution < 1.29 is 9.53 Å². The average molecular weight is 282 g/mol. The lowest BCUT2D eigenvalue weighted by molar-refractivity contribution is -0.144. The maximum absolute atomic E-state index is 12.4. The highest BCUT2D eigenvalue weighted by Gasteiger charge is 2.29. The number of carbonyl (C=O) groups excluding carboxylic acids is 1. The molecule has 106 valence electrons. The van der Waals surface area contributed by atoms with Gasteiger partial charge in [0.15, 0.2) is 5.82 Å². The van der Waals surface area contributed by atoms with Crippen molar-refractivity contribution in [3.63, 3.8) is 0 Å². The third-order valence-electron chi connectivity index (χ3n) is 3.13. The van der Waals surface area contributed by atoms with E-state index in [-0.39, 0.29) is 5.97 Å². The van der Waals surface area contributed by atoms with Crippen LogP contribution >= 0.6 is 0 Å². The molecule has 0 saturated heterocycles. The second-order valence-electron chi connectivity index (χ2n) is 4.44. The summed E-state index contributed by atoms with van der Waals surface area (Å²) in [5.74, 6) is -0.00678. The van der Waals surface area contributed by atoms with E-state index >= 15 is 0 Å². The van der Waals surface area contributed by atoms with Gasteiger partial charge < -0.3 is 4.74 Å². The zero-order valence-corrected chi connectivity index (χ0v) is 11.5. The Balaban J connectivity index is 2.13. The van der Waals surface area contributed by atoms with Crippen LogP contribution in [0.15, 0.2) is 48.8 Å². The fraction of sp³-hybridized carbons (Fsp3) is 0.200. The second kappa shape index (κ2) is 5.70. The summed E-state index contributed by atoms with van der Waals surface area (Å²) in [6, 6.07) is 11.2. The van der Waals surface area contributed by atoms with Gasteiger partial charge in [-0.05, 0) is 18.6 Å². The van der Waals surface area contributed by atoms with Crippen LogP contribution < -0.4 is 0 Å². The quantitative estimate of drug-likeness (QED) is 0.683. The summed E-state index contributed by atoms with van der Waals surface area (Å²) in [6.07, 6.45) is 3.42. The van der Waals surface area contributed by atoms with Crippen molar-refractivity contribution in [2.24, 2.45) is 0 Å². The molecular weight excluding hydrogens is 268 g/mol. The normalized spacial score (nSPS) is 12.2. The predicted molar refractivity (Wildman–Crippen MR) is 75.7 cm³/mol. The Bertz CT molecular complexity index is 754. The third kappa shape index (κ3) is 2.47. The Hall–Kier alpha value is -2.76. The van der Waals surface area contributed by atoms with E-state index in [1.54, 1.807) is 29.8 Å². The summed E-state index contributed by atoms with van der Waals surface area (Å²) in [5, 5.41) is 8.13. The van der Waals surface area contributed by atoms with Crippen LogP contribution in [0.2, 0.25) is 0 Å². The number of aromatic nitrogens is 4. The molecule has 3 rings (SSSR count). The van der Waals surface area contributed by atoms with Crippen LogP contribution in [0.25, 0.3) is 5.78 Å². The summed E-state index contributed by atoms with van der Waals surface area (Å²) in [5.41, 5.74) is 0.814. The highest BCUT2D eigenvalue weighted by atomic mass is 16.5. The zero-order chi connectivity index (χ0) is 14.7. The number of hydrogen-bond donors (Lipinski definition) is 0. The summed E-state index contributed by atoms with van der Waals surface area (Å²) in [4.78, 5) is 16.5. The zero-order valence-electron chi connectivity index (χ0n) is 11.5. The Labute approximate surface area is 121 Å². The highest BCUT2D eigenvalue weighted by molar-refractivity contribution is 5.81. The maximum atomic E-state index is 12.4. The SMILES string of the molecule is CCOC(=O)C(c1ccccc1)c1nnc2ncccn12. The molecule has 0 fully saturated rings. The lowest BCUT2D eigenvalue weighted by atomic mass is 9.98. The van der Waals surface area contributed by atoms with Crippen molar-refractivity contribution in [2.75, 3.05) is 6.61 Å². The number of esters is 1. The van der Waals surface area contributed by atoms with Crippen molar-refractivity contribution in [2.45, 2.75) is 12.8 Å². The van der Waals surface area contributed by atoms with E-state index in [2.05, 4.69) is 15.2 Å². The number of hydrogen-bond acceptors (Lipinski definition) is 5. The van der Waals surface area contributed by atoms with Gasteiger partial charge in [0, 0.05) is 12.4 Å². The fourth-order valence-electron chi connectivity index (χ4n) is 2.22. The summed E-state index contributed by atoms with van der Waals surface area (Å²) in [6.45, 7) is 2.10. The molecule has 6 nitrogen and oxygen atoms in total. The Morgan fingerprint density at radius 3 is 2.81 bits per heavy atom. The first-order valence-electron chi connectivity index (χ1n) is 6.68. The van der Waals surface area contributed by atoms with Crippen molar-refractivity contribution >= 4 is 11.7 Å². The molecule has 2 heterocycles. The Morgan fingerprint density at radius 1 is 1.24 bits per heavy atom. The van der Waals surface area contributed by atoms with Crippen LogP contribution in [0.1, 0.15) is 24.2 Å². The lowest BCUT2D eigenvalue weighted by Crippen LogP contribution is -2.19. The van der Waals surface area contributed by atoms with E-state index in [9.17, 15) is 4.79 Å². The van der Waals surface area contributed by atoms with Crippen LogP contribution in [0.4, 0.5) is 0 Å². The topological polar surface area (TPSA) is 69.4 Å². The van der Waals surface area contributed by atoms with Gasteiger partial charge in [0.1, 0.15) is 5.92 Å². The minimum atomic E-state index is -0.620. The first kappa shape index (κ1) is 13.2. The van der Waals surface area contributed by atoms with Gasteiger partial charge in [-0.1, -0.05) is 30.3 Å². The average Bonchev–Trinajstić information content (AvgIpc) is 2.93. The number of carbonyl (C=O) groups is 1. The van der Waals surface area contributed by atoms with Gasteiger partial charge in [0.05, 0.1) is 6.61 Å². The predicted octanol–water partition coefficient (Wildman–Crippen LogP) is 1.82. The van der Waals surface area contributed by atoms with Crippen LogP contribution in [0, 0.1) is 0 Å². The molecule has 0 N–H and O–H groups in total. The molecule has 0 saturated carbocycles. The number of ether oxygens (including phenoxy) is 1. The van der Waals surface area contributed by atoms with E-state index < -0.39 is 5.92 Å². The van der Waals surface area contributed by atoms with Gasteiger partial charge in [-0.3, -0.25) is 9.20 Å². The summed E-state index contributed by atoms with van der Waals surface area (Å²) in [7, 11) is 0. The molecule has 0 aliphatic heterocycles. The monoisotopic (exact) mass is 282 g/mol. The van der Waals surface area contributed by atoms with E-state index in [0.29, 0.717) is 18.2 Å². The first-order valence-corrected chi connectivity index (χ1v) is 6.68. The van der Waals surface area contributed by atoms with Crippen LogP contribution in [-0.4, -0.2) is 32.2 Å². The molecule has 0 amide bonds. The highest BCUT2D eigenvalue weighted by Crippen LogP contribution is 2.24. The molecular formula is C15H14N4O2. The lowest BCUT2D eigenvalue weighted by Gasteiger charge is -2.14. The van der Waals surface area contributed by atoms with Gasteiger partial charge in [0.25, 0.3) is 5.78 Å². The molecule has 3 aromatic rings. The third-order valence-corrected chi connectivity index (χ3v) is 3.13. The van der Waals surface area contributed by atoms with E-state index in [1.807, 2.05) is 30.3 Å². The minimum absolute atomic E-state index is 0.317. The van der Waals surface area contributed by atoms with Gasteiger partial charge in [-0.15, -0.1) is 10.2 Å². The molecule has 1 atom stereocenters. The first-order chi connectivity index (χ1) is 10.3. The van der Waals surface area contributed by atoms with E-state index in [0.717, 1.165) is 5.56 Å². The van der Waals surface area contributed by atoms with Crippen molar-refractivity contribution in [3.8, 4) is 0 Å². The van der Waals surface area contributed by atoms with Crippen molar-refractivity contribution in [1.82, 2.24) is 19.6 Å². The molecule has 0 bridgehead atoms. The second-order valence-corrected chi connectivity index (χ2v) is 4.44. The molecule has 0 aliphatic carbocycles. The molecule has 0 aliphatic rings. The molecule has 21 heavy (non-hydrogen) atoms. The van der Waals surface area contributed by atoms with Crippen molar-refractivity contribution in [1.29, 1.82) is 0 Å². The summed E-state index contributed by atoms with van der Waals surface area (Å²) < 4.78 is 6.89. The number of rotatable bonds is 4. The Morgan fingerprint density at radius 2 is 2.05 bits per heavy atom. The molecule has 1 aromatic carbocycles. The molecule has 6 heteroatoms. The number of benzene rings is 1. The summed E-state index contributed by atoms with van der Waals surface area (Å²) >= 11 is 0. The maximum Gasteiger partial charge on any atom is 0.321 e. The van der Waals surface area contributed by atoms with Gasteiger partial charge in [0.2, 0.25) is 0 Å². The molecule has 0 radical (unpaired) electrons. The number of fused-ring (bicyclic) bond motifs is 1. The standard InChI is InChI=1S/C15H14N4O2/c1-2-21-14(20)12(11-7-4-3-5-8-11)13-17-18-15-16-9-6-10-19(13)15/h3-10,12H,2H2,1H3. The molecule has 0 spiro atoms. The van der Waals surface area contributed by atoms with E-state index in [4.69, 9.17) is 4.74 Å². The smallest absolute Gasteiger partial charge is 0.321 e. The van der Waals surface area contributed by atoms with Crippen LogP contribution in [-0.2, 0) is 9.53 Å². The van der Waals surface area contributed by atoms with Crippen LogP contribution in [0.5, 0.6) is 0 Å². The van der Waals surface area contributed by atoms with Crippen molar-refractivity contribution in [3.05, 3.63) is 60.2 Å². The molecule has 2 aromatic heterocycles. The Kier molecular flexibility index (Phi) is 3.59. The largest absolute Gasteiger partial charge is 0.465 e. The number of nitrogens with zero attached hydrogens (tertiary/aromatic N) is 4. The van der Waals surface area contributed by atoms with Gasteiger partial charge in [-0.2, -0.15) is 0 Å². The van der Waals surface area contributed by atoms with Gasteiger partial charge in [-0.25, -0.2) is 4.98 Å². The molecule has 1 unspecified atom stereocenters. The van der Waals surface area contributed by atoms with Crippen LogP contribution in [0.3, 0.4) is 0 Å². The fourth-order valence-corrected chi connectivity index (χ4v) is 2.22. The van der Waals surface area contributed by atoms with Gasteiger partial charge >= 0.3 is 5.97 Å². The van der Waals surface area contributed by atoms with E-state index in [1.165, 1.54) is 0 Å².